The highest BCUT2D eigenvalue weighted by Gasteiger charge is 2.55. The number of carbonyl (C=O) groups is 1. The first-order valence-corrected chi connectivity index (χ1v) is 8.21. The summed E-state index contributed by atoms with van der Waals surface area (Å²) in [7, 11) is 3.23. The summed E-state index contributed by atoms with van der Waals surface area (Å²) in [6, 6.07) is 6.43. The molecule has 2 aliphatic carbocycles. The van der Waals surface area contributed by atoms with E-state index < -0.39 is 0 Å². The lowest BCUT2D eigenvalue weighted by atomic mass is 9.50. The molecule has 0 N–H and O–H groups in total. The number of benzene rings is 1. The molecule has 0 radical (unpaired) electrons. The van der Waals surface area contributed by atoms with Gasteiger partial charge in [0.05, 0.1) is 19.6 Å². The Morgan fingerprint density at radius 3 is 2.68 bits per heavy atom. The molecule has 0 saturated heterocycles. The van der Waals surface area contributed by atoms with Crippen molar-refractivity contribution in [1.82, 2.24) is 0 Å². The van der Waals surface area contributed by atoms with Gasteiger partial charge in [0.1, 0.15) is 5.75 Å². The molecular formula is C19H26O3. The molecule has 0 spiro atoms. The number of rotatable bonds is 2. The van der Waals surface area contributed by atoms with E-state index in [4.69, 9.17) is 9.47 Å². The van der Waals surface area contributed by atoms with Gasteiger partial charge in [0.25, 0.3) is 0 Å². The maximum Gasteiger partial charge on any atom is 0.311 e. The Morgan fingerprint density at radius 1 is 1.23 bits per heavy atom. The molecule has 1 aromatic carbocycles. The van der Waals surface area contributed by atoms with Crippen LogP contribution in [0.5, 0.6) is 5.75 Å². The summed E-state index contributed by atoms with van der Waals surface area (Å²) in [5.41, 5.74) is 2.44. The molecule has 0 bridgehead atoms. The molecule has 22 heavy (non-hydrogen) atoms. The monoisotopic (exact) mass is 302 g/mol. The third-order valence-corrected chi connectivity index (χ3v) is 6.22. The summed E-state index contributed by atoms with van der Waals surface area (Å²) < 4.78 is 10.6. The van der Waals surface area contributed by atoms with Crippen LogP contribution < -0.4 is 4.74 Å². The van der Waals surface area contributed by atoms with Gasteiger partial charge in [-0.1, -0.05) is 19.4 Å². The lowest BCUT2D eigenvalue weighted by Crippen LogP contribution is -2.52. The van der Waals surface area contributed by atoms with Crippen LogP contribution in [0.1, 0.15) is 50.7 Å². The van der Waals surface area contributed by atoms with E-state index in [1.165, 1.54) is 18.2 Å². The van der Waals surface area contributed by atoms with Crippen LogP contribution in [0.4, 0.5) is 0 Å². The second-order valence-electron chi connectivity index (χ2n) is 7.29. The van der Waals surface area contributed by atoms with E-state index in [1.807, 2.05) is 6.07 Å². The van der Waals surface area contributed by atoms with Gasteiger partial charge in [-0.25, -0.2) is 0 Å². The fourth-order valence-electron chi connectivity index (χ4n) is 5.04. The second kappa shape index (κ2) is 5.29. The zero-order valence-corrected chi connectivity index (χ0v) is 14.1. The van der Waals surface area contributed by atoms with Crippen molar-refractivity contribution in [2.45, 2.75) is 51.4 Å². The minimum absolute atomic E-state index is 0.0311. The van der Waals surface area contributed by atoms with Crippen molar-refractivity contribution in [1.29, 1.82) is 0 Å². The van der Waals surface area contributed by atoms with E-state index in [0.717, 1.165) is 37.9 Å². The van der Waals surface area contributed by atoms with E-state index in [0.29, 0.717) is 5.92 Å². The summed E-state index contributed by atoms with van der Waals surface area (Å²) in [6.07, 6.45) is 5.21. The van der Waals surface area contributed by atoms with E-state index in [-0.39, 0.29) is 16.8 Å². The Kier molecular flexibility index (Phi) is 3.70. The molecule has 3 rings (SSSR count). The van der Waals surface area contributed by atoms with Gasteiger partial charge in [-0.2, -0.15) is 0 Å². The molecule has 1 aromatic rings. The molecule has 1 fully saturated rings. The van der Waals surface area contributed by atoms with Crippen molar-refractivity contribution in [3.05, 3.63) is 29.3 Å². The zero-order valence-electron chi connectivity index (χ0n) is 14.1. The summed E-state index contributed by atoms with van der Waals surface area (Å²) in [5.74, 6) is 1.20. The summed E-state index contributed by atoms with van der Waals surface area (Å²) in [4.78, 5) is 12.5. The number of esters is 1. The fraction of sp³-hybridized carbons (Fsp3) is 0.632. The molecule has 2 aliphatic rings. The Bertz CT molecular complexity index is 594. The largest absolute Gasteiger partial charge is 0.497 e. The molecule has 120 valence electrons. The molecule has 1 saturated carbocycles. The SMILES string of the molecule is COC(=O)[C@]1(C)CCC[C@@]2(C)c3cc(OC)ccc3CC[C@H]12. The van der Waals surface area contributed by atoms with Crippen molar-refractivity contribution in [3.63, 3.8) is 0 Å². The summed E-state index contributed by atoms with van der Waals surface area (Å²) in [5, 5.41) is 0. The zero-order chi connectivity index (χ0) is 16.0. The van der Waals surface area contributed by atoms with Crippen LogP contribution in [0.3, 0.4) is 0 Å². The van der Waals surface area contributed by atoms with Crippen LogP contribution >= 0.6 is 0 Å². The highest BCUT2D eigenvalue weighted by molar-refractivity contribution is 5.77. The molecular weight excluding hydrogens is 276 g/mol. The quantitative estimate of drug-likeness (QED) is 0.778. The van der Waals surface area contributed by atoms with Crippen molar-refractivity contribution in [3.8, 4) is 5.75 Å². The Balaban J connectivity index is 2.09. The number of hydrogen-bond acceptors (Lipinski definition) is 3. The van der Waals surface area contributed by atoms with Gasteiger partial charge in [-0.05, 0) is 67.2 Å². The van der Waals surface area contributed by atoms with E-state index >= 15 is 0 Å². The van der Waals surface area contributed by atoms with Gasteiger partial charge in [-0.15, -0.1) is 0 Å². The minimum Gasteiger partial charge on any atom is -0.497 e. The van der Waals surface area contributed by atoms with Crippen molar-refractivity contribution in [2.24, 2.45) is 11.3 Å². The first-order valence-electron chi connectivity index (χ1n) is 8.21. The molecule has 0 heterocycles. The van der Waals surface area contributed by atoms with E-state index in [1.54, 1.807) is 7.11 Å². The average Bonchev–Trinajstić information content (AvgIpc) is 2.53. The number of ether oxygens (including phenoxy) is 2. The van der Waals surface area contributed by atoms with Gasteiger partial charge in [0.15, 0.2) is 0 Å². The third kappa shape index (κ3) is 2.05. The van der Waals surface area contributed by atoms with Crippen LogP contribution in [0.15, 0.2) is 18.2 Å². The Hall–Kier alpha value is -1.51. The van der Waals surface area contributed by atoms with Crippen molar-refractivity contribution >= 4 is 5.97 Å². The maximum absolute atomic E-state index is 12.5. The van der Waals surface area contributed by atoms with Crippen LogP contribution in [0, 0.1) is 11.3 Å². The maximum atomic E-state index is 12.5. The third-order valence-electron chi connectivity index (χ3n) is 6.22. The fourth-order valence-corrected chi connectivity index (χ4v) is 5.04. The van der Waals surface area contributed by atoms with E-state index in [9.17, 15) is 4.79 Å². The number of methoxy groups -OCH3 is 2. The van der Waals surface area contributed by atoms with Crippen LogP contribution in [0.2, 0.25) is 0 Å². The summed E-state index contributed by atoms with van der Waals surface area (Å²) >= 11 is 0. The topological polar surface area (TPSA) is 35.5 Å². The van der Waals surface area contributed by atoms with Gasteiger partial charge in [0.2, 0.25) is 0 Å². The van der Waals surface area contributed by atoms with Crippen LogP contribution in [-0.2, 0) is 21.4 Å². The first-order chi connectivity index (χ1) is 10.5. The van der Waals surface area contributed by atoms with E-state index in [2.05, 4.69) is 26.0 Å². The lowest BCUT2D eigenvalue weighted by molar-refractivity contribution is -0.161. The van der Waals surface area contributed by atoms with Crippen molar-refractivity contribution in [2.75, 3.05) is 14.2 Å². The van der Waals surface area contributed by atoms with Gasteiger partial charge >= 0.3 is 5.97 Å². The van der Waals surface area contributed by atoms with Crippen LogP contribution in [0.25, 0.3) is 0 Å². The number of hydrogen-bond donors (Lipinski definition) is 0. The number of aryl methyl sites for hydroxylation is 1. The first kappa shape index (κ1) is 15.4. The Morgan fingerprint density at radius 2 is 2.00 bits per heavy atom. The average molecular weight is 302 g/mol. The standard InChI is InChI=1S/C19H26O3/c1-18-10-5-11-19(2,17(20)22-4)16(18)9-7-13-6-8-14(21-3)12-15(13)18/h6,8,12,16H,5,7,9-11H2,1-4H3/t16-,18-,19+/m0/s1. The normalized spacial score (nSPS) is 33.5. The number of fused-ring (bicyclic) bond motifs is 3. The molecule has 0 aromatic heterocycles. The second-order valence-corrected chi connectivity index (χ2v) is 7.29. The molecule has 3 heteroatoms. The molecule has 0 aliphatic heterocycles. The predicted octanol–water partition coefficient (Wildman–Crippen LogP) is 3.88. The van der Waals surface area contributed by atoms with Gasteiger partial charge in [0, 0.05) is 0 Å². The van der Waals surface area contributed by atoms with Crippen molar-refractivity contribution < 1.29 is 14.3 Å². The lowest BCUT2D eigenvalue weighted by Gasteiger charge is -2.54. The van der Waals surface area contributed by atoms with Crippen LogP contribution in [-0.4, -0.2) is 20.2 Å². The smallest absolute Gasteiger partial charge is 0.311 e. The molecule has 3 atom stereocenters. The predicted molar refractivity (Wildman–Crippen MR) is 86.1 cm³/mol. The Labute approximate surface area is 133 Å². The highest BCUT2D eigenvalue weighted by atomic mass is 16.5. The minimum atomic E-state index is -0.373. The molecule has 3 nitrogen and oxygen atoms in total. The van der Waals surface area contributed by atoms with Gasteiger partial charge in [-0.3, -0.25) is 4.79 Å². The van der Waals surface area contributed by atoms with Gasteiger partial charge < -0.3 is 9.47 Å². The molecule has 0 unspecified atom stereocenters. The highest BCUT2D eigenvalue weighted by Crippen LogP contribution is 2.57. The summed E-state index contributed by atoms with van der Waals surface area (Å²) in [6.45, 7) is 4.43. The molecule has 0 amide bonds. The number of carbonyl (C=O) groups excluding carboxylic acids is 1.